The lowest BCUT2D eigenvalue weighted by molar-refractivity contribution is -0.312. The fourth-order valence-corrected chi connectivity index (χ4v) is 1.33. The molecule has 0 aromatic carbocycles. The van der Waals surface area contributed by atoms with Crippen molar-refractivity contribution in [3.63, 3.8) is 0 Å². The Morgan fingerprint density at radius 1 is 1.06 bits per heavy atom. The molecule has 0 aliphatic rings. The molecule has 0 rings (SSSR count). The van der Waals surface area contributed by atoms with Crippen LogP contribution in [0, 0.1) is 5.92 Å². The first kappa shape index (κ1) is 20.3. The Hall–Kier alpha value is -1.14. The third-order valence-corrected chi connectivity index (χ3v) is 2.26. The van der Waals surface area contributed by atoms with Gasteiger partial charge in [0, 0.05) is 11.9 Å². The normalized spacial score (nSPS) is 10.8. The van der Waals surface area contributed by atoms with Crippen LogP contribution < -0.4 is 22.5 Å². The third-order valence-electron chi connectivity index (χ3n) is 2.26. The van der Waals surface area contributed by atoms with Crippen LogP contribution in [0.25, 0.3) is 0 Å². The molecule has 0 aliphatic heterocycles. The van der Waals surface area contributed by atoms with Gasteiger partial charge in [0.1, 0.15) is 0 Å². The minimum absolute atomic E-state index is 0. The highest BCUT2D eigenvalue weighted by atomic mass is 16.4. The molecule has 1 unspecified atom stereocenters. The van der Waals surface area contributed by atoms with E-state index in [2.05, 4.69) is 0 Å². The summed E-state index contributed by atoms with van der Waals surface area (Å²) >= 11 is 0. The number of unbranched alkanes of at least 4 members (excludes halogenated alkanes) is 2. The van der Waals surface area contributed by atoms with Gasteiger partial charge in [-0.25, -0.2) is 0 Å². The van der Waals surface area contributed by atoms with Gasteiger partial charge in [-0.1, -0.05) is 19.8 Å². The molecular formula is C10H24N2O4. The van der Waals surface area contributed by atoms with Crippen molar-refractivity contribution in [2.75, 3.05) is 0 Å². The van der Waals surface area contributed by atoms with Crippen molar-refractivity contribution in [1.82, 2.24) is 12.3 Å². The van der Waals surface area contributed by atoms with E-state index in [4.69, 9.17) is 0 Å². The Bertz CT molecular complexity index is 197. The van der Waals surface area contributed by atoms with Gasteiger partial charge in [-0.15, -0.1) is 0 Å². The summed E-state index contributed by atoms with van der Waals surface area (Å²) in [6.45, 7) is 1.81. The van der Waals surface area contributed by atoms with Crippen LogP contribution in [0.3, 0.4) is 0 Å². The summed E-state index contributed by atoms with van der Waals surface area (Å²) in [4.78, 5) is 20.5. The van der Waals surface area contributed by atoms with E-state index >= 15 is 0 Å². The van der Waals surface area contributed by atoms with E-state index in [9.17, 15) is 19.8 Å². The minimum Gasteiger partial charge on any atom is -0.550 e. The number of aliphatic carboxylic acids is 2. The monoisotopic (exact) mass is 236 g/mol. The maximum atomic E-state index is 10.5. The molecule has 8 N–H and O–H groups in total. The summed E-state index contributed by atoms with van der Waals surface area (Å²) in [6, 6.07) is 0. The van der Waals surface area contributed by atoms with Gasteiger partial charge in [-0.2, -0.15) is 0 Å². The minimum atomic E-state index is -1.04. The summed E-state index contributed by atoms with van der Waals surface area (Å²) in [7, 11) is 0. The number of carboxylic acid groups (broad SMARTS) is 2. The van der Waals surface area contributed by atoms with Gasteiger partial charge >= 0.3 is 0 Å². The lowest BCUT2D eigenvalue weighted by atomic mass is 9.98. The quantitative estimate of drug-likeness (QED) is 0.578. The molecule has 6 nitrogen and oxygen atoms in total. The molecule has 98 valence electrons. The van der Waals surface area contributed by atoms with Crippen LogP contribution in [0.4, 0.5) is 0 Å². The molecule has 0 spiro atoms. The number of carboxylic acids is 2. The van der Waals surface area contributed by atoms with Crippen LogP contribution in [-0.4, -0.2) is 11.9 Å². The Balaban J connectivity index is -0.000000845. The average molecular weight is 236 g/mol. The predicted octanol–water partition coefficient (Wildman–Crippen LogP) is 0.215. The second-order valence-corrected chi connectivity index (χ2v) is 3.40. The fraction of sp³-hybridized carbons (Fsp3) is 0.800. The highest BCUT2D eigenvalue weighted by molar-refractivity contribution is 5.67. The number of hydrogen-bond donors (Lipinski definition) is 2. The number of hydrogen-bond acceptors (Lipinski definition) is 4. The maximum absolute atomic E-state index is 10.5. The molecule has 1 atom stereocenters. The van der Waals surface area contributed by atoms with Gasteiger partial charge in [0.05, 0.1) is 0 Å². The molecule has 0 aliphatic carbocycles. The molecular weight excluding hydrogens is 212 g/mol. The molecule has 0 saturated carbocycles. The Kier molecular flexibility index (Phi) is 15.1. The van der Waals surface area contributed by atoms with Crippen molar-refractivity contribution in [2.45, 2.75) is 45.4 Å². The summed E-state index contributed by atoms with van der Waals surface area (Å²) in [5.41, 5.74) is 0. The largest absolute Gasteiger partial charge is 0.550 e. The molecule has 0 saturated heterocycles. The predicted molar refractivity (Wildman–Crippen MR) is 58.8 cm³/mol. The lowest BCUT2D eigenvalue weighted by Gasteiger charge is -2.15. The Morgan fingerprint density at radius 3 is 2.00 bits per heavy atom. The number of carbonyl (C=O) groups excluding carboxylic acids is 2. The van der Waals surface area contributed by atoms with Crippen molar-refractivity contribution in [3.8, 4) is 0 Å². The molecule has 0 amide bonds. The highest BCUT2D eigenvalue weighted by Crippen LogP contribution is 2.13. The van der Waals surface area contributed by atoms with E-state index in [1.807, 2.05) is 6.92 Å². The van der Waals surface area contributed by atoms with Gasteiger partial charge in [0.15, 0.2) is 0 Å². The standard InChI is InChI=1S/C10H18O4.2H3N/c1-2-8(10(13)14)6-4-3-5-7-9(11)12;;/h8H,2-7H2,1H3,(H,11,12)(H,13,14);2*1H3. The topological polar surface area (TPSA) is 153 Å². The molecule has 0 bridgehead atoms. The third kappa shape index (κ3) is 10.9. The zero-order chi connectivity index (χ0) is 11.0. The van der Waals surface area contributed by atoms with E-state index in [1.54, 1.807) is 0 Å². The van der Waals surface area contributed by atoms with Gasteiger partial charge in [0.2, 0.25) is 0 Å². The van der Waals surface area contributed by atoms with Gasteiger partial charge < -0.3 is 32.1 Å². The smallest absolute Gasteiger partial charge is 0.0445 e. The highest BCUT2D eigenvalue weighted by Gasteiger charge is 2.05. The van der Waals surface area contributed by atoms with Crippen molar-refractivity contribution in [1.29, 1.82) is 0 Å². The second kappa shape index (κ2) is 11.9. The van der Waals surface area contributed by atoms with Gasteiger partial charge in [-0.05, 0) is 31.6 Å². The van der Waals surface area contributed by atoms with Crippen molar-refractivity contribution < 1.29 is 19.8 Å². The first-order chi connectivity index (χ1) is 6.57. The van der Waals surface area contributed by atoms with E-state index in [-0.39, 0.29) is 18.7 Å². The Labute approximate surface area is 96.2 Å². The fourth-order valence-electron chi connectivity index (χ4n) is 1.33. The molecule has 0 fully saturated rings. The SMILES string of the molecule is CCC(CCCCCC(=O)[O-])C(=O)[O-].[NH4+].[NH4+]. The Morgan fingerprint density at radius 2 is 1.62 bits per heavy atom. The number of rotatable bonds is 8. The van der Waals surface area contributed by atoms with Crippen molar-refractivity contribution >= 4 is 11.9 Å². The molecule has 6 heteroatoms. The van der Waals surface area contributed by atoms with E-state index < -0.39 is 17.9 Å². The first-order valence-corrected chi connectivity index (χ1v) is 4.98. The van der Waals surface area contributed by atoms with Crippen LogP contribution in [0.5, 0.6) is 0 Å². The van der Waals surface area contributed by atoms with Crippen LogP contribution in [-0.2, 0) is 9.59 Å². The van der Waals surface area contributed by atoms with Crippen molar-refractivity contribution in [3.05, 3.63) is 0 Å². The maximum Gasteiger partial charge on any atom is 0.0445 e. The molecule has 0 radical (unpaired) electrons. The van der Waals surface area contributed by atoms with Crippen LogP contribution in [0.2, 0.25) is 0 Å². The zero-order valence-electron chi connectivity index (χ0n) is 10.5. The van der Waals surface area contributed by atoms with E-state index in [0.29, 0.717) is 19.3 Å². The average Bonchev–Trinajstić information content (AvgIpc) is 2.10. The van der Waals surface area contributed by atoms with Gasteiger partial charge in [-0.3, -0.25) is 0 Å². The zero-order valence-corrected chi connectivity index (χ0v) is 10.5. The molecule has 0 aromatic rings. The van der Waals surface area contributed by atoms with Crippen LogP contribution >= 0.6 is 0 Å². The lowest BCUT2D eigenvalue weighted by Crippen LogP contribution is -2.30. The second-order valence-electron chi connectivity index (χ2n) is 3.40. The van der Waals surface area contributed by atoms with Gasteiger partial charge in [0.25, 0.3) is 0 Å². The van der Waals surface area contributed by atoms with E-state index in [1.165, 1.54) is 0 Å². The number of quaternary nitrogens is 2. The number of carbonyl (C=O) groups is 2. The summed E-state index contributed by atoms with van der Waals surface area (Å²) in [5, 5.41) is 20.5. The summed E-state index contributed by atoms with van der Waals surface area (Å²) < 4.78 is 0. The first-order valence-electron chi connectivity index (χ1n) is 4.98. The summed E-state index contributed by atoms with van der Waals surface area (Å²) in [6.07, 6.45) is 3.24. The molecule has 0 heterocycles. The van der Waals surface area contributed by atoms with Crippen LogP contribution in [0.1, 0.15) is 45.4 Å². The van der Waals surface area contributed by atoms with Crippen LogP contribution in [0.15, 0.2) is 0 Å². The summed E-state index contributed by atoms with van der Waals surface area (Å²) in [5.74, 6) is -2.44. The van der Waals surface area contributed by atoms with Crippen molar-refractivity contribution in [2.24, 2.45) is 5.92 Å². The molecule has 0 aromatic heterocycles. The van der Waals surface area contributed by atoms with E-state index in [0.717, 1.165) is 12.8 Å². The molecule has 16 heavy (non-hydrogen) atoms.